The van der Waals surface area contributed by atoms with Crippen molar-refractivity contribution in [2.24, 2.45) is 5.73 Å². The lowest BCUT2D eigenvalue weighted by Crippen LogP contribution is -2.31. The van der Waals surface area contributed by atoms with Crippen molar-refractivity contribution in [1.29, 1.82) is 0 Å². The first-order valence-corrected chi connectivity index (χ1v) is 5.60. The van der Waals surface area contributed by atoms with Gasteiger partial charge in [0.1, 0.15) is 0 Å². The molecule has 1 aliphatic carbocycles. The minimum atomic E-state index is 0.266. The second-order valence-corrected chi connectivity index (χ2v) is 4.89. The smallest absolute Gasteiger partial charge is 0.0361 e. The van der Waals surface area contributed by atoms with E-state index >= 15 is 0 Å². The van der Waals surface area contributed by atoms with Crippen molar-refractivity contribution in [2.75, 3.05) is 19.0 Å². The summed E-state index contributed by atoms with van der Waals surface area (Å²) in [6.45, 7) is 2.12. The maximum Gasteiger partial charge on any atom is 0.0361 e. The summed E-state index contributed by atoms with van der Waals surface area (Å²) in [4.78, 5) is 2.12. The molecule has 1 aromatic carbocycles. The Kier molecular flexibility index (Phi) is 2.47. The summed E-state index contributed by atoms with van der Waals surface area (Å²) in [5.41, 5.74) is 8.99. The van der Waals surface area contributed by atoms with E-state index in [4.69, 9.17) is 5.73 Å². The molecular weight excluding hydrogens is 184 g/mol. The lowest BCUT2D eigenvalue weighted by Gasteiger charge is -2.21. The van der Waals surface area contributed by atoms with Gasteiger partial charge in [-0.2, -0.15) is 0 Å². The monoisotopic (exact) mass is 204 g/mol. The molecule has 15 heavy (non-hydrogen) atoms. The molecule has 0 bridgehead atoms. The molecular formula is C13H20N2. The average molecular weight is 204 g/mol. The predicted molar refractivity (Wildman–Crippen MR) is 65.3 cm³/mol. The Morgan fingerprint density at radius 3 is 2.07 bits per heavy atom. The van der Waals surface area contributed by atoms with Gasteiger partial charge in [0.15, 0.2) is 0 Å². The fraction of sp³-hybridized carbons (Fsp3) is 0.538. The molecule has 0 aromatic heterocycles. The van der Waals surface area contributed by atoms with Crippen LogP contribution in [0.15, 0.2) is 24.3 Å². The van der Waals surface area contributed by atoms with Crippen LogP contribution >= 0.6 is 0 Å². The Morgan fingerprint density at radius 1 is 1.20 bits per heavy atom. The fourth-order valence-electron chi connectivity index (χ4n) is 2.23. The highest BCUT2D eigenvalue weighted by Gasteiger charge is 2.47. The van der Waals surface area contributed by atoms with Crippen molar-refractivity contribution >= 4 is 5.69 Å². The van der Waals surface area contributed by atoms with Gasteiger partial charge in [-0.3, -0.25) is 0 Å². The van der Waals surface area contributed by atoms with Crippen LogP contribution in [-0.4, -0.2) is 20.1 Å². The molecule has 1 saturated carbocycles. The third kappa shape index (κ3) is 1.74. The normalized spacial score (nSPS) is 19.7. The first-order chi connectivity index (χ1) is 7.06. The number of benzene rings is 1. The summed E-state index contributed by atoms with van der Waals surface area (Å²) in [6.07, 6.45) is 2.48. The highest BCUT2D eigenvalue weighted by Crippen LogP contribution is 2.50. The van der Waals surface area contributed by atoms with Gasteiger partial charge in [0.05, 0.1) is 0 Å². The molecule has 1 fully saturated rings. The van der Waals surface area contributed by atoms with Crippen molar-refractivity contribution in [3.8, 4) is 0 Å². The van der Waals surface area contributed by atoms with Gasteiger partial charge in [0.25, 0.3) is 0 Å². The number of nitrogens with zero attached hydrogens (tertiary/aromatic N) is 1. The summed E-state index contributed by atoms with van der Waals surface area (Å²) in [6, 6.07) is 9.08. The van der Waals surface area contributed by atoms with Gasteiger partial charge >= 0.3 is 0 Å². The van der Waals surface area contributed by atoms with Crippen molar-refractivity contribution in [1.82, 2.24) is 0 Å². The van der Waals surface area contributed by atoms with E-state index in [9.17, 15) is 0 Å². The zero-order valence-corrected chi connectivity index (χ0v) is 9.83. The number of nitrogens with two attached hydrogens (primary N) is 1. The molecule has 1 atom stereocenters. The molecule has 2 nitrogen and oxygen atoms in total. The van der Waals surface area contributed by atoms with Gasteiger partial charge in [-0.15, -0.1) is 0 Å². The van der Waals surface area contributed by atoms with Gasteiger partial charge in [-0.25, -0.2) is 0 Å². The van der Waals surface area contributed by atoms with Gasteiger partial charge in [-0.05, 0) is 37.5 Å². The minimum Gasteiger partial charge on any atom is -0.378 e. The van der Waals surface area contributed by atoms with E-state index in [2.05, 4.69) is 50.2 Å². The lowest BCUT2D eigenvalue weighted by atomic mass is 9.89. The van der Waals surface area contributed by atoms with Crippen LogP contribution in [0.4, 0.5) is 5.69 Å². The van der Waals surface area contributed by atoms with Crippen LogP contribution in [0, 0.1) is 0 Å². The molecule has 1 aliphatic rings. The van der Waals surface area contributed by atoms with Crippen LogP contribution in [0.3, 0.4) is 0 Å². The molecule has 1 aromatic rings. The SMILES string of the molecule is CC(N)C1(c2ccc(N(C)C)cc2)CC1. The Bertz CT molecular complexity index is 334. The molecule has 0 radical (unpaired) electrons. The molecule has 2 rings (SSSR count). The number of hydrogen-bond donors (Lipinski definition) is 1. The standard InChI is InChI=1S/C13H20N2/c1-10(14)13(8-9-13)11-4-6-12(7-5-11)15(2)3/h4-7,10H,8-9,14H2,1-3H3. The highest BCUT2D eigenvalue weighted by molar-refractivity contribution is 5.48. The Hall–Kier alpha value is -1.02. The third-order valence-electron chi connectivity index (χ3n) is 3.62. The predicted octanol–water partition coefficient (Wildman–Crippen LogP) is 2.13. The Morgan fingerprint density at radius 2 is 1.73 bits per heavy atom. The third-order valence-corrected chi connectivity index (χ3v) is 3.62. The van der Waals surface area contributed by atoms with Crippen molar-refractivity contribution in [3.05, 3.63) is 29.8 Å². The van der Waals surface area contributed by atoms with Crippen LogP contribution in [0.1, 0.15) is 25.3 Å². The molecule has 1 unspecified atom stereocenters. The molecule has 0 aliphatic heterocycles. The van der Waals surface area contributed by atoms with E-state index in [-0.39, 0.29) is 11.5 Å². The zero-order valence-electron chi connectivity index (χ0n) is 9.83. The van der Waals surface area contributed by atoms with E-state index in [0.717, 1.165) is 0 Å². The molecule has 82 valence electrons. The van der Waals surface area contributed by atoms with Crippen LogP contribution < -0.4 is 10.6 Å². The maximum atomic E-state index is 6.05. The second kappa shape index (κ2) is 3.53. The minimum absolute atomic E-state index is 0.266. The van der Waals surface area contributed by atoms with Gasteiger partial charge in [0.2, 0.25) is 0 Å². The van der Waals surface area contributed by atoms with E-state index in [1.807, 2.05) is 0 Å². The van der Waals surface area contributed by atoms with E-state index in [1.165, 1.54) is 24.1 Å². The van der Waals surface area contributed by atoms with Gasteiger partial charge in [0, 0.05) is 31.2 Å². The number of rotatable bonds is 3. The van der Waals surface area contributed by atoms with E-state index in [1.54, 1.807) is 0 Å². The van der Waals surface area contributed by atoms with Gasteiger partial charge < -0.3 is 10.6 Å². The van der Waals surface area contributed by atoms with Crippen LogP contribution in [-0.2, 0) is 5.41 Å². The number of anilines is 1. The summed E-state index contributed by atoms with van der Waals surface area (Å²) < 4.78 is 0. The Balaban J connectivity index is 2.24. The average Bonchev–Trinajstić information content (AvgIpc) is 2.98. The van der Waals surface area contributed by atoms with Crippen molar-refractivity contribution < 1.29 is 0 Å². The zero-order chi connectivity index (χ0) is 11.1. The maximum absolute atomic E-state index is 6.05. The largest absolute Gasteiger partial charge is 0.378 e. The van der Waals surface area contributed by atoms with Crippen LogP contribution in [0.25, 0.3) is 0 Å². The molecule has 2 N–H and O–H groups in total. The second-order valence-electron chi connectivity index (χ2n) is 4.89. The molecule has 2 heteroatoms. The Labute approximate surface area is 92.1 Å². The van der Waals surface area contributed by atoms with Crippen LogP contribution in [0.5, 0.6) is 0 Å². The topological polar surface area (TPSA) is 29.3 Å². The molecule has 0 spiro atoms. The van der Waals surface area contributed by atoms with Gasteiger partial charge in [-0.1, -0.05) is 12.1 Å². The summed E-state index contributed by atoms with van der Waals surface area (Å²) in [5, 5.41) is 0. The molecule has 0 saturated heterocycles. The first kappa shape index (κ1) is 10.5. The quantitative estimate of drug-likeness (QED) is 0.817. The molecule has 0 amide bonds. The van der Waals surface area contributed by atoms with Crippen molar-refractivity contribution in [2.45, 2.75) is 31.2 Å². The number of hydrogen-bond acceptors (Lipinski definition) is 2. The van der Waals surface area contributed by atoms with Crippen LogP contribution in [0.2, 0.25) is 0 Å². The summed E-state index contributed by atoms with van der Waals surface area (Å²) in [5.74, 6) is 0. The van der Waals surface area contributed by atoms with Crippen molar-refractivity contribution in [3.63, 3.8) is 0 Å². The lowest BCUT2D eigenvalue weighted by molar-refractivity contribution is 0.556. The highest BCUT2D eigenvalue weighted by atomic mass is 15.1. The fourth-order valence-corrected chi connectivity index (χ4v) is 2.23. The summed E-state index contributed by atoms with van der Waals surface area (Å²) in [7, 11) is 4.13. The van der Waals surface area contributed by atoms with E-state index in [0.29, 0.717) is 0 Å². The first-order valence-electron chi connectivity index (χ1n) is 5.60. The van der Waals surface area contributed by atoms with E-state index < -0.39 is 0 Å². The summed E-state index contributed by atoms with van der Waals surface area (Å²) >= 11 is 0. The molecule has 0 heterocycles.